The Balaban J connectivity index is 1.59. The summed E-state index contributed by atoms with van der Waals surface area (Å²) < 4.78 is 0. The van der Waals surface area contributed by atoms with E-state index in [9.17, 15) is 0 Å². The van der Waals surface area contributed by atoms with Gasteiger partial charge in [0.2, 0.25) is 0 Å². The molecule has 0 amide bonds. The Morgan fingerprint density at radius 1 is 1.12 bits per heavy atom. The summed E-state index contributed by atoms with van der Waals surface area (Å²) in [6.07, 6.45) is 14.5. The molecule has 2 fully saturated rings. The molecule has 3 unspecified atom stereocenters. The molecule has 0 spiro atoms. The number of hydrogen-bond donors (Lipinski definition) is 1. The normalized spacial score (nSPS) is 41.9. The topological polar surface area (TPSA) is 15.3 Å². The first-order valence-corrected chi connectivity index (χ1v) is 7.45. The summed E-state index contributed by atoms with van der Waals surface area (Å²) in [5.41, 5.74) is 0. The van der Waals surface area contributed by atoms with Crippen molar-refractivity contribution < 1.29 is 0 Å². The van der Waals surface area contributed by atoms with Gasteiger partial charge in [0.15, 0.2) is 0 Å². The Labute approximate surface area is 105 Å². The minimum Gasteiger partial charge on any atom is -0.317 e. The second-order valence-electron chi connectivity index (χ2n) is 6.19. The lowest BCUT2D eigenvalue weighted by Crippen LogP contribution is -2.49. The minimum absolute atomic E-state index is 0.787. The van der Waals surface area contributed by atoms with Crippen LogP contribution in [0.2, 0.25) is 0 Å². The quantitative estimate of drug-likeness (QED) is 0.755. The van der Waals surface area contributed by atoms with E-state index >= 15 is 0 Å². The van der Waals surface area contributed by atoms with Crippen LogP contribution in [-0.2, 0) is 0 Å². The van der Waals surface area contributed by atoms with Gasteiger partial charge in [0.25, 0.3) is 0 Å². The third-order valence-corrected chi connectivity index (χ3v) is 5.14. The smallest absolute Gasteiger partial charge is 0.0114 e. The van der Waals surface area contributed by atoms with E-state index in [1.165, 1.54) is 51.5 Å². The molecule has 2 saturated heterocycles. The fourth-order valence-electron chi connectivity index (χ4n) is 4.13. The highest BCUT2D eigenvalue weighted by molar-refractivity contribution is 4.99. The molecule has 0 saturated carbocycles. The molecule has 2 bridgehead atoms. The van der Waals surface area contributed by atoms with Crippen LogP contribution in [0.5, 0.6) is 0 Å². The molecule has 1 aliphatic carbocycles. The van der Waals surface area contributed by atoms with Crippen LogP contribution in [0.25, 0.3) is 0 Å². The number of nitrogens with zero attached hydrogens (tertiary/aromatic N) is 1. The van der Waals surface area contributed by atoms with Crippen molar-refractivity contribution in [2.24, 2.45) is 5.92 Å². The lowest BCUT2D eigenvalue weighted by molar-refractivity contribution is 0.0972. The van der Waals surface area contributed by atoms with Gasteiger partial charge in [-0.15, -0.1) is 0 Å². The predicted octanol–water partition coefficient (Wildman–Crippen LogP) is 2.56. The highest BCUT2D eigenvalue weighted by Crippen LogP contribution is 2.37. The highest BCUT2D eigenvalue weighted by atomic mass is 15.2. The van der Waals surface area contributed by atoms with Crippen LogP contribution in [-0.4, -0.2) is 36.6 Å². The number of piperidine rings is 1. The van der Waals surface area contributed by atoms with Gasteiger partial charge in [-0.1, -0.05) is 12.2 Å². The van der Waals surface area contributed by atoms with Crippen LogP contribution in [0.4, 0.5) is 0 Å². The van der Waals surface area contributed by atoms with Gasteiger partial charge in [-0.3, -0.25) is 4.90 Å². The fourth-order valence-corrected chi connectivity index (χ4v) is 4.13. The van der Waals surface area contributed by atoms with Crippen molar-refractivity contribution in [3.63, 3.8) is 0 Å². The molecule has 2 heterocycles. The molecule has 0 aromatic heterocycles. The average Bonchev–Trinajstić information content (AvgIpc) is 2.63. The van der Waals surface area contributed by atoms with Gasteiger partial charge >= 0.3 is 0 Å². The molecule has 3 aliphatic rings. The first kappa shape index (κ1) is 11.7. The van der Waals surface area contributed by atoms with Crippen molar-refractivity contribution in [2.75, 3.05) is 13.6 Å². The largest absolute Gasteiger partial charge is 0.317 e. The number of allylic oxidation sites excluding steroid dienone is 2. The lowest BCUT2D eigenvalue weighted by Gasteiger charge is -2.41. The van der Waals surface area contributed by atoms with E-state index in [1.807, 2.05) is 0 Å². The number of fused-ring (bicyclic) bond motifs is 2. The molecule has 2 nitrogen and oxygen atoms in total. The first-order valence-electron chi connectivity index (χ1n) is 7.45. The lowest BCUT2D eigenvalue weighted by atomic mass is 9.91. The predicted molar refractivity (Wildman–Crippen MR) is 72.1 cm³/mol. The van der Waals surface area contributed by atoms with Crippen molar-refractivity contribution in [1.82, 2.24) is 10.2 Å². The Morgan fingerprint density at radius 3 is 2.47 bits per heavy atom. The molecule has 1 N–H and O–H groups in total. The van der Waals surface area contributed by atoms with Crippen LogP contribution in [0, 0.1) is 5.92 Å². The first-order chi connectivity index (χ1) is 8.36. The van der Waals surface area contributed by atoms with Crippen LogP contribution in [0.1, 0.15) is 44.9 Å². The van der Waals surface area contributed by atoms with Crippen molar-refractivity contribution in [2.45, 2.75) is 63.1 Å². The third-order valence-electron chi connectivity index (χ3n) is 5.14. The molecule has 0 radical (unpaired) electrons. The molecule has 2 heteroatoms. The van der Waals surface area contributed by atoms with Crippen molar-refractivity contribution in [3.05, 3.63) is 12.2 Å². The highest BCUT2D eigenvalue weighted by Gasteiger charge is 2.40. The monoisotopic (exact) mass is 234 g/mol. The van der Waals surface area contributed by atoms with Crippen LogP contribution in [0.3, 0.4) is 0 Å². The van der Waals surface area contributed by atoms with Crippen LogP contribution >= 0.6 is 0 Å². The molecule has 3 atom stereocenters. The van der Waals surface area contributed by atoms with Crippen molar-refractivity contribution in [1.29, 1.82) is 0 Å². The Hall–Kier alpha value is -0.340. The molecular weight excluding hydrogens is 208 g/mol. The van der Waals surface area contributed by atoms with Crippen LogP contribution < -0.4 is 5.32 Å². The van der Waals surface area contributed by atoms with Gasteiger partial charge in [-0.25, -0.2) is 0 Å². The summed E-state index contributed by atoms with van der Waals surface area (Å²) in [6.45, 7) is 1.37. The van der Waals surface area contributed by atoms with E-state index in [-0.39, 0.29) is 0 Å². The zero-order chi connectivity index (χ0) is 11.7. The van der Waals surface area contributed by atoms with E-state index in [0.717, 1.165) is 24.0 Å². The summed E-state index contributed by atoms with van der Waals surface area (Å²) in [7, 11) is 2.13. The van der Waals surface area contributed by atoms with Crippen molar-refractivity contribution in [3.8, 4) is 0 Å². The Morgan fingerprint density at radius 2 is 1.88 bits per heavy atom. The van der Waals surface area contributed by atoms with Crippen LogP contribution in [0.15, 0.2) is 12.2 Å². The summed E-state index contributed by atoms with van der Waals surface area (Å²) in [5, 5.41) is 3.49. The zero-order valence-corrected chi connectivity index (χ0v) is 11.1. The SMILES string of the molecule is CNC1CC2CCC(C1)N2CC1CC=CCC1. The number of rotatable bonds is 3. The minimum atomic E-state index is 0.787. The Kier molecular flexibility index (Phi) is 3.53. The van der Waals surface area contributed by atoms with Gasteiger partial charge in [0.05, 0.1) is 0 Å². The maximum absolute atomic E-state index is 3.49. The summed E-state index contributed by atoms with van der Waals surface area (Å²) in [5.74, 6) is 0.939. The molecule has 0 aromatic carbocycles. The molecule has 2 aliphatic heterocycles. The summed E-state index contributed by atoms with van der Waals surface area (Å²) in [6, 6.07) is 2.56. The number of hydrogen-bond acceptors (Lipinski definition) is 2. The average molecular weight is 234 g/mol. The fraction of sp³-hybridized carbons (Fsp3) is 0.867. The van der Waals surface area contributed by atoms with E-state index in [1.54, 1.807) is 0 Å². The van der Waals surface area contributed by atoms with Gasteiger partial charge in [-0.05, 0) is 57.9 Å². The van der Waals surface area contributed by atoms with Gasteiger partial charge in [0, 0.05) is 24.7 Å². The molecular formula is C15H26N2. The van der Waals surface area contributed by atoms with E-state index in [0.29, 0.717) is 0 Å². The molecule has 0 aromatic rings. The summed E-state index contributed by atoms with van der Waals surface area (Å²) >= 11 is 0. The second-order valence-corrected chi connectivity index (χ2v) is 6.19. The standard InChI is InChI=1S/C15H26N2/c1-16-13-9-14-7-8-15(10-13)17(14)11-12-5-3-2-4-6-12/h2-3,12-16H,4-11H2,1H3. The summed E-state index contributed by atoms with van der Waals surface area (Å²) in [4.78, 5) is 2.86. The maximum atomic E-state index is 3.49. The van der Waals surface area contributed by atoms with E-state index in [2.05, 4.69) is 29.4 Å². The number of nitrogens with one attached hydrogen (secondary N) is 1. The molecule has 96 valence electrons. The zero-order valence-electron chi connectivity index (χ0n) is 11.1. The van der Waals surface area contributed by atoms with Gasteiger partial charge < -0.3 is 5.32 Å². The third kappa shape index (κ3) is 2.43. The molecule has 17 heavy (non-hydrogen) atoms. The van der Waals surface area contributed by atoms with Crippen molar-refractivity contribution >= 4 is 0 Å². The van der Waals surface area contributed by atoms with Gasteiger partial charge in [-0.2, -0.15) is 0 Å². The molecule has 3 rings (SSSR count). The van der Waals surface area contributed by atoms with E-state index < -0.39 is 0 Å². The van der Waals surface area contributed by atoms with E-state index in [4.69, 9.17) is 0 Å². The van der Waals surface area contributed by atoms with Gasteiger partial charge in [0.1, 0.15) is 0 Å². The second kappa shape index (κ2) is 5.11. The Bertz CT molecular complexity index is 273. The maximum Gasteiger partial charge on any atom is 0.0114 e.